The van der Waals surface area contributed by atoms with Gasteiger partial charge in [0, 0.05) is 7.05 Å². The van der Waals surface area contributed by atoms with Crippen LogP contribution in [0.3, 0.4) is 0 Å². The fourth-order valence-electron chi connectivity index (χ4n) is 2.72. The summed E-state index contributed by atoms with van der Waals surface area (Å²) in [4.78, 5) is 48.3. The molecule has 0 spiro atoms. The number of thiophene rings is 2. The van der Waals surface area contributed by atoms with Crippen molar-refractivity contribution < 1.29 is 4.79 Å². The predicted molar refractivity (Wildman–Crippen MR) is 117 cm³/mol. The molecule has 0 aliphatic rings. The van der Waals surface area contributed by atoms with Gasteiger partial charge in [0.05, 0.1) is 21.2 Å². The van der Waals surface area contributed by atoms with Crippen LogP contribution in [0.25, 0.3) is 21.1 Å². The van der Waals surface area contributed by atoms with Gasteiger partial charge in [-0.2, -0.15) is 0 Å². The van der Waals surface area contributed by atoms with Crippen molar-refractivity contribution in [3.8, 4) is 21.1 Å². The van der Waals surface area contributed by atoms with Gasteiger partial charge < -0.3 is 10.7 Å². The lowest BCUT2D eigenvalue weighted by Gasteiger charge is -2.06. The smallest absolute Gasteiger partial charge is 0.329 e. The molecule has 4 aromatic rings. The number of rotatable bonds is 6. The lowest BCUT2D eigenvalue weighted by molar-refractivity contribution is 0.102. The number of aromatic nitrogens is 4. The van der Waals surface area contributed by atoms with Gasteiger partial charge in [-0.15, -0.1) is 22.7 Å². The van der Waals surface area contributed by atoms with Crippen molar-refractivity contribution >= 4 is 46.0 Å². The van der Waals surface area contributed by atoms with Gasteiger partial charge in [0.2, 0.25) is 0 Å². The van der Waals surface area contributed by atoms with E-state index in [4.69, 9.17) is 5.73 Å². The Kier molecular flexibility index (Phi) is 5.26. The maximum atomic E-state index is 12.6. The van der Waals surface area contributed by atoms with Gasteiger partial charge in [-0.3, -0.25) is 19.1 Å². The first kappa shape index (κ1) is 19.4. The molecule has 4 aromatic heterocycles. The van der Waals surface area contributed by atoms with Gasteiger partial charge in [-0.05, 0) is 22.9 Å². The molecule has 4 N–H and O–H groups in total. The van der Waals surface area contributed by atoms with Gasteiger partial charge in [-0.25, -0.2) is 9.78 Å². The summed E-state index contributed by atoms with van der Waals surface area (Å²) in [5.74, 6) is -0.675. The number of ketones is 1. The Morgan fingerprint density at radius 3 is 2.52 bits per heavy atom. The van der Waals surface area contributed by atoms with Crippen molar-refractivity contribution in [3.05, 3.63) is 61.4 Å². The van der Waals surface area contributed by atoms with Crippen molar-refractivity contribution in [1.29, 1.82) is 0 Å². The lowest BCUT2D eigenvalue weighted by atomic mass is 10.2. The van der Waals surface area contributed by atoms with Crippen LogP contribution in [-0.2, 0) is 7.05 Å². The summed E-state index contributed by atoms with van der Waals surface area (Å²) in [7, 11) is 1.39. The highest BCUT2D eigenvalue weighted by atomic mass is 32.2. The number of carbonyl (C=O) groups is 1. The molecule has 11 heteroatoms. The molecule has 4 rings (SSSR count). The van der Waals surface area contributed by atoms with Crippen LogP contribution in [0, 0.1) is 0 Å². The number of nitrogens with zero attached hydrogens (tertiary/aromatic N) is 2. The molecule has 0 aromatic carbocycles. The Morgan fingerprint density at radius 1 is 1.17 bits per heavy atom. The maximum absolute atomic E-state index is 12.6. The fraction of sp³-hybridized carbons (Fsp3) is 0.111. The number of hydrogen-bond donors (Lipinski definition) is 3. The largest absolute Gasteiger partial charge is 0.384 e. The zero-order chi connectivity index (χ0) is 20.5. The fourth-order valence-corrected chi connectivity index (χ4v) is 4.91. The summed E-state index contributed by atoms with van der Waals surface area (Å²) in [6.45, 7) is 0. The second-order valence-corrected chi connectivity index (χ2v) is 8.87. The van der Waals surface area contributed by atoms with Crippen molar-refractivity contribution in [2.24, 2.45) is 7.05 Å². The molecule has 0 saturated heterocycles. The van der Waals surface area contributed by atoms with Crippen LogP contribution in [-0.4, -0.2) is 31.1 Å². The van der Waals surface area contributed by atoms with Crippen molar-refractivity contribution in [3.63, 3.8) is 0 Å². The molecule has 0 atom stereocenters. The van der Waals surface area contributed by atoms with E-state index < -0.39 is 17.0 Å². The molecule has 0 bridgehead atoms. The number of thioether (sulfide) groups is 1. The van der Waals surface area contributed by atoms with Gasteiger partial charge >= 0.3 is 5.69 Å². The third-order valence-electron chi connectivity index (χ3n) is 4.19. The summed E-state index contributed by atoms with van der Waals surface area (Å²) >= 11 is 4.35. The quantitative estimate of drug-likeness (QED) is 0.309. The first-order valence-electron chi connectivity index (χ1n) is 8.38. The van der Waals surface area contributed by atoms with E-state index in [9.17, 15) is 14.4 Å². The summed E-state index contributed by atoms with van der Waals surface area (Å²) < 4.78 is 1.04. The number of nitrogens with two attached hydrogens (primary N) is 1. The number of carbonyl (C=O) groups excluding carboxylic acids is 1. The molecule has 0 aliphatic heterocycles. The van der Waals surface area contributed by atoms with Crippen LogP contribution in [0.4, 0.5) is 5.82 Å². The normalized spacial score (nSPS) is 11.1. The number of Topliss-reactive ketones (excluding diaryl/α,β-unsaturated/α-hetero) is 1. The highest BCUT2D eigenvalue weighted by molar-refractivity contribution is 7.99. The molecule has 148 valence electrons. The number of nitrogens with one attached hydrogen (secondary N) is 2. The van der Waals surface area contributed by atoms with Crippen molar-refractivity contribution in [1.82, 2.24) is 19.5 Å². The number of imidazole rings is 1. The van der Waals surface area contributed by atoms with Gasteiger partial charge in [0.15, 0.2) is 10.9 Å². The third kappa shape index (κ3) is 3.71. The highest BCUT2D eigenvalue weighted by Crippen LogP contribution is 2.36. The van der Waals surface area contributed by atoms with E-state index in [1.54, 1.807) is 22.7 Å². The number of hydrogen-bond acceptors (Lipinski definition) is 8. The molecule has 29 heavy (non-hydrogen) atoms. The van der Waals surface area contributed by atoms with Crippen molar-refractivity contribution in [2.45, 2.75) is 5.16 Å². The summed E-state index contributed by atoms with van der Waals surface area (Å²) in [5, 5.41) is 4.53. The Labute approximate surface area is 176 Å². The van der Waals surface area contributed by atoms with E-state index in [2.05, 4.69) is 15.0 Å². The van der Waals surface area contributed by atoms with Gasteiger partial charge in [0.25, 0.3) is 5.56 Å². The number of anilines is 1. The Hall–Kier alpha value is -2.89. The van der Waals surface area contributed by atoms with Crippen LogP contribution >= 0.6 is 34.4 Å². The first-order chi connectivity index (χ1) is 14.0. The topological polar surface area (TPSA) is 127 Å². The maximum Gasteiger partial charge on any atom is 0.329 e. The monoisotopic (exact) mass is 445 g/mol. The van der Waals surface area contributed by atoms with Crippen LogP contribution < -0.4 is 17.0 Å². The van der Waals surface area contributed by atoms with E-state index in [1.807, 2.05) is 35.0 Å². The van der Waals surface area contributed by atoms with Crippen LogP contribution in [0.5, 0.6) is 0 Å². The Morgan fingerprint density at radius 2 is 1.86 bits per heavy atom. The SMILES string of the molecule is Cn1c(N)c(C(=O)CSc2nc(-c3cccs3)c(-c3cccs3)[nH]2)c(=O)[nH]c1=O. The van der Waals surface area contributed by atoms with E-state index in [0.29, 0.717) is 5.16 Å². The molecule has 0 saturated carbocycles. The molecule has 0 amide bonds. The molecule has 0 unspecified atom stereocenters. The zero-order valence-electron chi connectivity index (χ0n) is 15.1. The van der Waals surface area contributed by atoms with E-state index in [1.165, 1.54) is 18.8 Å². The molecule has 8 nitrogen and oxygen atoms in total. The zero-order valence-corrected chi connectivity index (χ0v) is 17.5. The van der Waals surface area contributed by atoms with E-state index >= 15 is 0 Å². The van der Waals surface area contributed by atoms with Gasteiger partial charge in [-0.1, -0.05) is 23.9 Å². The van der Waals surface area contributed by atoms with Crippen molar-refractivity contribution in [2.75, 3.05) is 11.5 Å². The minimum absolute atomic E-state index is 0.0489. The number of H-pyrrole nitrogens is 2. The summed E-state index contributed by atoms with van der Waals surface area (Å²) in [6.07, 6.45) is 0. The molecule has 0 aliphatic carbocycles. The summed E-state index contributed by atoms with van der Waals surface area (Å²) in [6, 6.07) is 7.91. The second kappa shape index (κ2) is 7.85. The molecular formula is C18H15N5O3S3. The molecular weight excluding hydrogens is 430 g/mol. The Bertz CT molecular complexity index is 1230. The average Bonchev–Trinajstić information content (AvgIpc) is 3.45. The van der Waals surface area contributed by atoms with Crippen LogP contribution in [0.1, 0.15) is 10.4 Å². The van der Waals surface area contributed by atoms with E-state index in [-0.39, 0.29) is 17.1 Å². The first-order valence-corrected chi connectivity index (χ1v) is 11.1. The summed E-state index contributed by atoms with van der Waals surface area (Å²) in [5.41, 5.74) is 5.84. The highest BCUT2D eigenvalue weighted by Gasteiger charge is 2.20. The molecule has 0 fully saturated rings. The minimum atomic E-state index is -0.783. The van der Waals surface area contributed by atoms with E-state index in [0.717, 1.165) is 25.7 Å². The number of aromatic amines is 2. The van der Waals surface area contributed by atoms with Crippen LogP contribution in [0.15, 0.2) is 49.8 Å². The Balaban J connectivity index is 1.62. The average molecular weight is 446 g/mol. The van der Waals surface area contributed by atoms with Crippen LogP contribution in [0.2, 0.25) is 0 Å². The standard InChI is InChI=1S/C18H15N5O3S3/c1-23-15(19)12(16(25)22-18(23)26)9(24)8-29-17-20-13(10-4-2-6-27-10)14(21-17)11-5-3-7-28-11/h2-7H,8,19H2,1H3,(H,20,21)(H,22,25,26). The lowest BCUT2D eigenvalue weighted by Crippen LogP contribution is -2.35. The minimum Gasteiger partial charge on any atom is -0.384 e. The molecule has 0 radical (unpaired) electrons. The second-order valence-electron chi connectivity index (χ2n) is 6.01. The third-order valence-corrected chi connectivity index (χ3v) is 6.83. The van der Waals surface area contributed by atoms with Gasteiger partial charge in [0.1, 0.15) is 17.1 Å². The number of nitrogen functional groups attached to an aromatic ring is 1. The molecule has 4 heterocycles. The predicted octanol–water partition coefficient (Wildman–Crippen LogP) is 2.81.